The number of alkyl halides is 3. The van der Waals surface area contributed by atoms with E-state index in [0.717, 1.165) is 6.07 Å². The molecular formula is C9H9F3N6. The number of nitrogens with zero attached hydrogens (tertiary/aromatic N) is 5. The molecule has 6 nitrogen and oxygen atoms in total. The molecule has 1 N–H and O–H groups in total. The summed E-state index contributed by atoms with van der Waals surface area (Å²) in [6.45, 7) is 0. The molecule has 2 aromatic heterocycles. The van der Waals surface area contributed by atoms with Crippen LogP contribution in [0.3, 0.4) is 0 Å². The van der Waals surface area contributed by atoms with Crippen LogP contribution in [0.4, 0.5) is 19.1 Å². The second-order valence-electron chi connectivity index (χ2n) is 3.45. The Morgan fingerprint density at radius 1 is 1.28 bits per heavy atom. The van der Waals surface area contributed by atoms with Crippen LogP contribution in [0.1, 0.15) is 5.69 Å². The van der Waals surface area contributed by atoms with Gasteiger partial charge in [-0.1, -0.05) is 5.21 Å². The van der Waals surface area contributed by atoms with E-state index in [4.69, 9.17) is 0 Å². The fourth-order valence-electron chi connectivity index (χ4n) is 1.36. The van der Waals surface area contributed by atoms with E-state index in [-0.39, 0.29) is 11.6 Å². The predicted molar refractivity (Wildman–Crippen MR) is 56.6 cm³/mol. The molecule has 18 heavy (non-hydrogen) atoms. The maximum absolute atomic E-state index is 12.7. The average molecular weight is 258 g/mol. The Kier molecular flexibility index (Phi) is 2.89. The Labute approximate surface area is 99.9 Å². The maximum atomic E-state index is 12.7. The molecule has 0 atom stereocenters. The Balaban J connectivity index is 2.58. The third-order valence-electron chi connectivity index (χ3n) is 2.22. The molecule has 0 aromatic carbocycles. The molecule has 0 aliphatic heterocycles. The van der Waals surface area contributed by atoms with Crippen molar-refractivity contribution in [3.63, 3.8) is 0 Å². The Morgan fingerprint density at radius 3 is 2.50 bits per heavy atom. The first-order valence-electron chi connectivity index (χ1n) is 4.91. The molecule has 0 amide bonds. The molecule has 0 spiro atoms. The largest absolute Gasteiger partial charge is 0.433 e. The Morgan fingerprint density at radius 2 is 2.00 bits per heavy atom. The molecule has 0 aliphatic carbocycles. The number of anilines is 1. The van der Waals surface area contributed by atoms with Gasteiger partial charge in [0.05, 0.1) is 11.9 Å². The highest BCUT2D eigenvalue weighted by Gasteiger charge is 2.34. The molecular weight excluding hydrogens is 249 g/mol. The summed E-state index contributed by atoms with van der Waals surface area (Å²) >= 11 is 0. The molecule has 0 aliphatic rings. The van der Waals surface area contributed by atoms with Crippen LogP contribution in [0.5, 0.6) is 0 Å². The van der Waals surface area contributed by atoms with Crippen molar-refractivity contribution < 1.29 is 13.2 Å². The van der Waals surface area contributed by atoms with Crippen LogP contribution in [0.2, 0.25) is 0 Å². The lowest BCUT2D eigenvalue weighted by Gasteiger charge is -2.09. The summed E-state index contributed by atoms with van der Waals surface area (Å²) in [5, 5.41) is 9.73. The number of rotatable bonds is 2. The average Bonchev–Trinajstić information content (AvgIpc) is 2.73. The number of nitrogens with one attached hydrogen (secondary N) is 1. The second kappa shape index (κ2) is 4.24. The second-order valence-corrected chi connectivity index (χ2v) is 3.45. The number of hydrogen-bond donors (Lipinski definition) is 1. The van der Waals surface area contributed by atoms with E-state index in [1.54, 1.807) is 7.05 Å². The van der Waals surface area contributed by atoms with Crippen molar-refractivity contribution in [2.24, 2.45) is 7.05 Å². The highest BCUT2D eigenvalue weighted by atomic mass is 19.4. The van der Waals surface area contributed by atoms with Gasteiger partial charge in [-0.2, -0.15) is 13.2 Å². The minimum absolute atomic E-state index is 0.106. The molecule has 0 saturated carbocycles. The minimum Gasteiger partial charge on any atom is -0.357 e. The molecule has 96 valence electrons. The summed E-state index contributed by atoms with van der Waals surface area (Å²) in [5.41, 5.74) is -0.536. The van der Waals surface area contributed by atoms with Gasteiger partial charge in [0.2, 0.25) is 5.95 Å². The van der Waals surface area contributed by atoms with E-state index >= 15 is 0 Å². The summed E-state index contributed by atoms with van der Waals surface area (Å²) < 4.78 is 39.3. The van der Waals surface area contributed by atoms with Crippen molar-refractivity contribution in [3.05, 3.63) is 18.0 Å². The van der Waals surface area contributed by atoms with Crippen molar-refractivity contribution in [1.82, 2.24) is 25.0 Å². The summed E-state index contributed by atoms with van der Waals surface area (Å²) in [6, 6.07) is 0.861. The molecule has 0 unspecified atom stereocenters. The van der Waals surface area contributed by atoms with E-state index in [9.17, 15) is 13.2 Å². The van der Waals surface area contributed by atoms with Crippen molar-refractivity contribution in [2.75, 3.05) is 12.4 Å². The van der Waals surface area contributed by atoms with Gasteiger partial charge in [-0.05, 0) is 6.07 Å². The summed E-state index contributed by atoms with van der Waals surface area (Å²) in [6.07, 6.45) is -3.20. The fraction of sp³-hybridized carbons (Fsp3) is 0.333. The van der Waals surface area contributed by atoms with E-state index in [2.05, 4.69) is 25.6 Å². The zero-order chi connectivity index (χ0) is 13.3. The lowest BCUT2D eigenvalue weighted by Crippen LogP contribution is -2.11. The van der Waals surface area contributed by atoms with E-state index in [1.807, 2.05) is 0 Å². The summed E-state index contributed by atoms with van der Waals surface area (Å²) in [4.78, 5) is 7.31. The Hall–Kier alpha value is -2.19. The van der Waals surface area contributed by atoms with Gasteiger partial charge in [-0.25, -0.2) is 14.6 Å². The minimum atomic E-state index is -4.53. The molecule has 9 heteroatoms. The third-order valence-corrected chi connectivity index (χ3v) is 2.22. The first kappa shape index (κ1) is 12.3. The maximum Gasteiger partial charge on any atom is 0.433 e. The summed E-state index contributed by atoms with van der Waals surface area (Å²) in [7, 11) is 3.01. The van der Waals surface area contributed by atoms with Crippen LogP contribution in [0.15, 0.2) is 12.3 Å². The van der Waals surface area contributed by atoms with E-state index in [1.165, 1.54) is 17.9 Å². The van der Waals surface area contributed by atoms with Gasteiger partial charge in [0, 0.05) is 14.1 Å². The smallest absolute Gasteiger partial charge is 0.357 e. The number of aromatic nitrogens is 5. The van der Waals surface area contributed by atoms with Gasteiger partial charge in [0.25, 0.3) is 0 Å². The molecule has 0 saturated heterocycles. The van der Waals surface area contributed by atoms with Crippen molar-refractivity contribution in [1.29, 1.82) is 0 Å². The number of hydrogen-bond acceptors (Lipinski definition) is 5. The van der Waals surface area contributed by atoms with Crippen LogP contribution in [0, 0.1) is 0 Å². The molecule has 2 heterocycles. The van der Waals surface area contributed by atoms with E-state index < -0.39 is 11.9 Å². The SMILES string of the molecule is CNc1nc(-c2cnnn2C)cc(C(F)(F)F)n1. The number of aryl methyl sites for hydroxylation is 1. The normalized spacial score (nSPS) is 11.6. The first-order chi connectivity index (χ1) is 8.41. The van der Waals surface area contributed by atoms with Gasteiger partial charge in [0.1, 0.15) is 5.69 Å². The quantitative estimate of drug-likeness (QED) is 0.880. The highest BCUT2D eigenvalue weighted by Crippen LogP contribution is 2.30. The van der Waals surface area contributed by atoms with Gasteiger partial charge in [0.15, 0.2) is 5.69 Å². The third kappa shape index (κ3) is 2.24. The molecule has 2 rings (SSSR count). The van der Waals surface area contributed by atoms with Crippen molar-refractivity contribution in [2.45, 2.75) is 6.18 Å². The van der Waals surface area contributed by atoms with Crippen molar-refractivity contribution >= 4 is 5.95 Å². The zero-order valence-electron chi connectivity index (χ0n) is 9.52. The zero-order valence-corrected chi connectivity index (χ0v) is 9.52. The van der Waals surface area contributed by atoms with Crippen molar-refractivity contribution in [3.8, 4) is 11.4 Å². The highest BCUT2D eigenvalue weighted by molar-refractivity contribution is 5.55. The van der Waals surface area contributed by atoms with Crippen LogP contribution in [-0.4, -0.2) is 32.0 Å². The molecule has 0 radical (unpaired) electrons. The van der Waals surface area contributed by atoms with Gasteiger partial charge < -0.3 is 5.32 Å². The fourth-order valence-corrected chi connectivity index (χ4v) is 1.36. The molecule has 0 fully saturated rings. The van der Waals surface area contributed by atoms with E-state index in [0.29, 0.717) is 5.69 Å². The molecule has 2 aromatic rings. The standard InChI is InChI=1S/C9H9F3N6/c1-13-8-15-5(6-4-14-17-18(6)2)3-7(16-8)9(10,11)12/h3-4H,1-2H3,(H,13,15,16). The van der Waals surface area contributed by atoms with Gasteiger partial charge >= 0.3 is 6.18 Å². The van der Waals surface area contributed by atoms with Gasteiger partial charge in [-0.15, -0.1) is 5.10 Å². The lowest BCUT2D eigenvalue weighted by molar-refractivity contribution is -0.141. The van der Waals surface area contributed by atoms with Crippen LogP contribution < -0.4 is 5.32 Å². The monoisotopic (exact) mass is 258 g/mol. The lowest BCUT2D eigenvalue weighted by atomic mass is 10.2. The van der Waals surface area contributed by atoms with Crippen LogP contribution in [-0.2, 0) is 13.2 Å². The van der Waals surface area contributed by atoms with Crippen LogP contribution in [0.25, 0.3) is 11.4 Å². The Bertz CT molecular complexity index is 562. The topological polar surface area (TPSA) is 68.5 Å². The number of halogens is 3. The summed E-state index contributed by atoms with van der Waals surface area (Å²) in [5.74, 6) is -0.110. The molecule has 0 bridgehead atoms. The predicted octanol–water partition coefficient (Wildman–Crippen LogP) is 1.33. The van der Waals surface area contributed by atoms with Crippen LogP contribution >= 0.6 is 0 Å². The first-order valence-corrected chi connectivity index (χ1v) is 4.91. The van der Waals surface area contributed by atoms with Gasteiger partial charge in [-0.3, -0.25) is 0 Å².